The molecule has 0 aliphatic heterocycles. The second kappa shape index (κ2) is 5.95. The van der Waals surface area contributed by atoms with Crippen molar-refractivity contribution in [2.24, 2.45) is 0 Å². The fourth-order valence-electron chi connectivity index (χ4n) is 2.02. The number of hydrogen-bond donors (Lipinski definition) is 0. The highest BCUT2D eigenvalue weighted by atomic mass is 32.1. The summed E-state index contributed by atoms with van der Waals surface area (Å²) in [4.78, 5) is 30.8. The molecule has 1 amide bonds. The van der Waals surface area contributed by atoms with Crippen LogP contribution in [0.5, 0.6) is 0 Å². The molecule has 110 valence electrons. The number of ether oxygens (including phenoxy) is 1. The molecule has 1 saturated carbocycles. The van der Waals surface area contributed by atoms with Gasteiger partial charge in [0.1, 0.15) is 5.01 Å². The third-order valence-corrected chi connectivity index (χ3v) is 4.92. The zero-order chi connectivity index (χ0) is 14.8. The highest BCUT2D eigenvalue weighted by molar-refractivity contribution is 7.12. The van der Waals surface area contributed by atoms with E-state index in [2.05, 4.69) is 9.72 Å². The first-order chi connectivity index (χ1) is 10.2. The lowest BCUT2D eigenvalue weighted by molar-refractivity contribution is 0.0594. The lowest BCUT2D eigenvalue weighted by atomic mass is 10.3. The van der Waals surface area contributed by atoms with Crippen molar-refractivity contribution in [3.05, 3.63) is 38.5 Å². The van der Waals surface area contributed by atoms with E-state index in [-0.39, 0.29) is 5.91 Å². The normalized spacial score (nSPS) is 14.0. The molecule has 21 heavy (non-hydrogen) atoms. The Morgan fingerprint density at radius 2 is 2.24 bits per heavy atom. The summed E-state index contributed by atoms with van der Waals surface area (Å²) in [6.07, 6.45) is 2.07. The van der Waals surface area contributed by atoms with Gasteiger partial charge in [0, 0.05) is 11.4 Å². The Kier molecular flexibility index (Phi) is 4.03. The minimum absolute atomic E-state index is 0.0438. The Labute approximate surface area is 130 Å². The summed E-state index contributed by atoms with van der Waals surface area (Å²) in [6, 6.07) is 4.01. The number of methoxy groups -OCH3 is 1. The van der Waals surface area contributed by atoms with Crippen LogP contribution in [-0.4, -0.2) is 34.9 Å². The molecule has 2 aromatic rings. The van der Waals surface area contributed by atoms with Gasteiger partial charge < -0.3 is 9.64 Å². The molecular formula is C14H14N2O3S2. The van der Waals surface area contributed by atoms with Crippen molar-refractivity contribution in [2.45, 2.75) is 25.4 Å². The molecular weight excluding hydrogens is 308 g/mol. The molecule has 3 rings (SSSR count). The quantitative estimate of drug-likeness (QED) is 0.794. The van der Waals surface area contributed by atoms with E-state index in [1.165, 1.54) is 29.8 Å². The standard InChI is InChI=1S/C14H14N2O3S2/c1-19-14(18)10-8-21-12(15-10)7-16(9-4-5-9)13(17)11-3-2-6-20-11/h2-3,6,8-9H,4-5,7H2,1H3. The second-order valence-electron chi connectivity index (χ2n) is 4.76. The van der Waals surface area contributed by atoms with E-state index in [9.17, 15) is 9.59 Å². The fourth-order valence-corrected chi connectivity index (χ4v) is 3.46. The summed E-state index contributed by atoms with van der Waals surface area (Å²) >= 11 is 2.83. The topological polar surface area (TPSA) is 59.5 Å². The molecule has 7 heteroatoms. The number of esters is 1. The Bertz CT molecular complexity index is 647. The van der Waals surface area contributed by atoms with Crippen LogP contribution in [0, 0.1) is 0 Å². The van der Waals surface area contributed by atoms with Crippen LogP contribution in [0.4, 0.5) is 0 Å². The molecule has 0 spiro atoms. The van der Waals surface area contributed by atoms with Crippen molar-refractivity contribution in [2.75, 3.05) is 7.11 Å². The molecule has 1 aliphatic carbocycles. The van der Waals surface area contributed by atoms with E-state index < -0.39 is 5.97 Å². The smallest absolute Gasteiger partial charge is 0.357 e. The molecule has 5 nitrogen and oxygen atoms in total. The predicted octanol–water partition coefficient (Wildman–Crippen LogP) is 2.80. The highest BCUT2D eigenvalue weighted by Gasteiger charge is 2.34. The number of rotatable bonds is 5. The van der Waals surface area contributed by atoms with Gasteiger partial charge in [-0.2, -0.15) is 0 Å². The predicted molar refractivity (Wildman–Crippen MR) is 80.7 cm³/mol. The first kappa shape index (κ1) is 14.2. The lowest BCUT2D eigenvalue weighted by Gasteiger charge is -2.20. The summed E-state index contributed by atoms with van der Waals surface area (Å²) in [5, 5.41) is 4.33. The lowest BCUT2D eigenvalue weighted by Crippen LogP contribution is -2.32. The minimum atomic E-state index is -0.444. The van der Waals surface area contributed by atoms with Crippen LogP contribution in [0.3, 0.4) is 0 Å². The Morgan fingerprint density at radius 3 is 2.86 bits per heavy atom. The van der Waals surface area contributed by atoms with Gasteiger partial charge in [-0.3, -0.25) is 4.79 Å². The van der Waals surface area contributed by atoms with Crippen LogP contribution in [-0.2, 0) is 11.3 Å². The van der Waals surface area contributed by atoms with Gasteiger partial charge in [-0.1, -0.05) is 6.07 Å². The third-order valence-electron chi connectivity index (χ3n) is 3.23. The van der Waals surface area contributed by atoms with Crippen LogP contribution in [0.15, 0.2) is 22.9 Å². The van der Waals surface area contributed by atoms with Crippen LogP contribution in [0.25, 0.3) is 0 Å². The largest absolute Gasteiger partial charge is 0.464 e. The molecule has 0 atom stereocenters. The third kappa shape index (κ3) is 3.14. The van der Waals surface area contributed by atoms with Crippen LogP contribution in [0.2, 0.25) is 0 Å². The van der Waals surface area contributed by atoms with Crippen LogP contribution in [0.1, 0.15) is 38.0 Å². The van der Waals surface area contributed by atoms with Gasteiger partial charge in [0.25, 0.3) is 5.91 Å². The van der Waals surface area contributed by atoms with Crippen molar-refractivity contribution >= 4 is 34.6 Å². The van der Waals surface area contributed by atoms with Crippen LogP contribution < -0.4 is 0 Å². The van der Waals surface area contributed by atoms with Crippen molar-refractivity contribution in [3.8, 4) is 0 Å². The van der Waals surface area contributed by atoms with Crippen molar-refractivity contribution in [1.82, 2.24) is 9.88 Å². The van der Waals surface area contributed by atoms with E-state index in [0.29, 0.717) is 18.3 Å². The monoisotopic (exact) mass is 322 g/mol. The molecule has 0 aromatic carbocycles. The Morgan fingerprint density at radius 1 is 1.43 bits per heavy atom. The molecule has 2 aromatic heterocycles. The molecule has 1 fully saturated rings. The van der Waals surface area contributed by atoms with E-state index in [0.717, 1.165) is 22.7 Å². The zero-order valence-corrected chi connectivity index (χ0v) is 13.1. The average Bonchev–Trinajstić information content (AvgIpc) is 3.02. The summed E-state index contributed by atoms with van der Waals surface area (Å²) in [5.41, 5.74) is 0.303. The molecule has 0 N–H and O–H groups in total. The summed E-state index contributed by atoms with van der Waals surface area (Å²) < 4.78 is 4.65. The molecule has 1 aliphatic rings. The number of thiophene rings is 1. The number of carbonyl (C=O) groups excluding carboxylic acids is 2. The molecule has 0 radical (unpaired) electrons. The van der Waals surface area contributed by atoms with Crippen molar-refractivity contribution in [1.29, 1.82) is 0 Å². The Hall–Kier alpha value is -1.73. The first-order valence-electron chi connectivity index (χ1n) is 6.56. The van der Waals surface area contributed by atoms with E-state index >= 15 is 0 Å². The Balaban J connectivity index is 1.75. The van der Waals surface area contributed by atoms with Crippen molar-refractivity contribution in [3.63, 3.8) is 0 Å². The number of hydrogen-bond acceptors (Lipinski definition) is 6. The molecule has 0 saturated heterocycles. The number of nitrogens with zero attached hydrogens (tertiary/aromatic N) is 2. The summed E-state index contributed by atoms with van der Waals surface area (Å²) in [5.74, 6) is -0.401. The number of carbonyl (C=O) groups is 2. The van der Waals surface area contributed by atoms with Gasteiger partial charge >= 0.3 is 5.97 Å². The van der Waals surface area contributed by atoms with E-state index in [4.69, 9.17) is 0 Å². The zero-order valence-electron chi connectivity index (χ0n) is 11.4. The molecule has 0 bridgehead atoms. The van der Waals surface area contributed by atoms with Gasteiger partial charge in [0.05, 0.1) is 18.5 Å². The first-order valence-corrected chi connectivity index (χ1v) is 8.32. The van der Waals surface area contributed by atoms with E-state index in [1.54, 1.807) is 5.38 Å². The summed E-state index contributed by atoms with van der Waals surface area (Å²) in [6.45, 7) is 0.447. The number of aromatic nitrogens is 1. The number of thiazole rings is 1. The van der Waals surface area contributed by atoms with Gasteiger partial charge in [0.15, 0.2) is 5.69 Å². The van der Waals surface area contributed by atoms with E-state index in [1.807, 2.05) is 22.4 Å². The van der Waals surface area contributed by atoms with Gasteiger partial charge in [0.2, 0.25) is 0 Å². The molecule has 0 unspecified atom stereocenters. The highest BCUT2D eigenvalue weighted by Crippen LogP contribution is 2.31. The van der Waals surface area contributed by atoms with Crippen LogP contribution >= 0.6 is 22.7 Å². The van der Waals surface area contributed by atoms with Gasteiger partial charge in [-0.25, -0.2) is 9.78 Å². The maximum Gasteiger partial charge on any atom is 0.357 e. The maximum atomic E-state index is 12.5. The minimum Gasteiger partial charge on any atom is -0.464 e. The SMILES string of the molecule is COC(=O)c1csc(CN(C(=O)c2cccs2)C2CC2)n1. The second-order valence-corrected chi connectivity index (χ2v) is 6.65. The van der Waals surface area contributed by atoms with Gasteiger partial charge in [-0.05, 0) is 24.3 Å². The summed E-state index contributed by atoms with van der Waals surface area (Å²) in [7, 11) is 1.33. The van der Waals surface area contributed by atoms with Crippen molar-refractivity contribution < 1.29 is 14.3 Å². The maximum absolute atomic E-state index is 12.5. The fraction of sp³-hybridized carbons (Fsp3) is 0.357. The number of amides is 1. The molecule has 2 heterocycles. The van der Waals surface area contributed by atoms with Gasteiger partial charge in [-0.15, -0.1) is 22.7 Å². The average molecular weight is 322 g/mol.